The first-order chi connectivity index (χ1) is 12.2. The van der Waals surface area contributed by atoms with Crippen LogP contribution in [0.5, 0.6) is 11.5 Å². The number of alkyl halides is 3. The molecular formula is C17H22F3NO5. The van der Waals surface area contributed by atoms with E-state index in [1.807, 2.05) is 0 Å². The standard InChI is InChI=1S/C17H22F3NO5/c1-4-15(22)26-11(2)10-25-13-6-5-12(9-14(13)24-3)16(23)21-8-7-17(18,19)20/h5-6,9,11H,4,7-8,10H2,1-3H3,(H,21,23). The summed E-state index contributed by atoms with van der Waals surface area (Å²) >= 11 is 0. The summed E-state index contributed by atoms with van der Waals surface area (Å²) in [6.07, 6.45) is -5.66. The van der Waals surface area contributed by atoms with E-state index in [0.717, 1.165) is 0 Å². The van der Waals surface area contributed by atoms with Crippen LogP contribution < -0.4 is 14.8 Å². The first kappa shape index (κ1) is 21.6. The van der Waals surface area contributed by atoms with E-state index >= 15 is 0 Å². The number of ether oxygens (including phenoxy) is 3. The zero-order valence-corrected chi connectivity index (χ0v) is 14.8. The van der Waals surface area contributed by atoms with Gasteiger partial charge >= 0.3 is 12.1 Å². The van der Waals surface area contributed by atoms with E-state index in [4.69, 9.17) is 14.2 Å². The van der Waals surface area contributed by atoms with E-state index in [1.54, 1.807) is 13.8 Å². The second-order valence-corrected chi connectivity index (χ2v) is 5.45. The first-order valence-corrected chi connectivity index (χ1v) is 8.01. The highest BCUT2D eigenvalue weighted by Crippen LogP contribution is 2.28. The molecule has 0 heterocycles. The van der Waals surface area contributed by atoms with Gasteiger partial charge in [-0.2, -0.15) is 13.2 Å². The fourth-order valence-corrected chi connectivity index (χ4v) is 1.90. The van der Waals surface area contributed by atoms with Gasteiger partial charge in [0.2, 0.25) is 0 Å². The van der Waals surface area contributed by atoms with Crippen molar-refractivity contribution >= 4 is 11.9 Å². The highest BCUT2D eigenvalue weighted by Gasteiger charge is 2.26. The van der Waals surface area contributed by atoms with E-state index < -0.39 is 31.2 Å². The average Bonchev–Trinajstić information content (AvgIpc) is 2.58. The van der Waals surface area contributed by atoms with Crippen LogP contribution in [-0.4, -0.2) is 44.4 Å². The third-order valence-corrected chi connectivity index (χ3v) is 3.21. The summed E-state index contributed by atoms with van der Waals surface area (Å²) in [6, 6.07) is 4.23. The molecule has 1 rings (SSSR count). The zero-order chi connectivity index (χ0) is 19.7. The van der Waals surface area contributed by atoms with Crippen molar-refractivity contribution in [3.05, 3.63) is 23.8 Å². The Morgan fingerprint density at radius 1 is 1.23 bits per heavy atom. The van der Waals surface area contributed by atoms with Crippen molar-refractivity contribution in [2.75, 3.05) is 20.3 Å². The lowest BCUT2D eigenvalue weighted by molar-refractivity contribution is -0.149. The minimum absolute atomic E-state index is 0.0826. The number of halogens is 3. The Labute approximate surface area is 149 Å². The van der Waals surface area contributed by atoms with Crippen LogP contribution in [0.3, 0.4) is 0 Å². The van der Waals surface area contributed by atoms with Gasteiger partial charge in [0.05, 0.1) is 13.5 Å². The lowest BCUT2D eigenvalue weighted by Crippen LogP contribution is -2.28. The van der Waals surface area contributed by atoms with Crippen molar-refractivity contribution in [2.24, 2.45) is 0 Å². The molecule has 1 amide bonds. The number of rotatable bonds is 9. The topological polar surface area (TPSA) is 73.9 Å². The lowest BCUT2D eigenvalue weighted by Gasteiger charge is -2.16. The first-order valence-electron chi connectivity index (χ1n) is 8.01. The Hall–Kier alpha value is -2.45. The molecule has 1 N–H and O–H groups in total. The zero-order valence-electron chi connectivity index (χ0n) is 14.8. The summed E-state index contributed by atoms with van der Waals surface area (Å²) in [5.74, 6) is -0.440. The summed E-state index contributed by atoms with van der Waals surface area (Å²) in [4.78, 5) is 23.1. The molecule has 26 heavy (non-hydrogen) atoms. The lowest BCUT2D eigenvalue weighted by atomic mass is 10.2. The molecule has 0 spiro atoms. The highest BCUT2D eigenvalue weighted by molar-refractivity contribution is 5.94. The maximum absolute atomic E-state index is 12.1. The quantitative estimate of drug-likeness (QED) is 0.670. The Morgan fingerprint density at radius 2 is 1.92 bits per heavy atom. The maximum Gasteiger partial charge on any atom is 0.390 e. The number of hydrogen-bond donors (Lipinski definition) is 1. The van der Waals surface area contributed by atoms with Gasteiger partial charge in [-0.25, -0.2) is 0 Å². The van der Waals surface area contributed by atoms with Crippen LogP contribution in [0, 0.1) is 0 Å². The molecule has 0 saturated carbocycles. The van der Waals surface area contributed by atoms with Gasteiger partial charge in [-0.3, -0.25) is 9.59 Å². The van der Waals surface area contributed by atoms with Crippen molar-refractivity contribution in [1.29, 1.82) is 0 Å². The van der Waals surface area contributed by atoms with Gasteiger partial charge in [0.15, 0.2) is 11.5 Å². The number of hydrogen-bond acceptors (Lipinski definition) is 5. The molecule has 1 aromatic rings. The molecule has 0 saturated heterocycles. The Kier molecular flexibility index (Phi) is 8.21. The van der Waals surface area contributed by atoms with Gasteiger partial charge < -0.3 is 19.5 Å². The van der Waals surface area contributed by atoms with Crippen LogP contribution in [0.15, 0.2) is 18.2 Å². The van der Waals surface area contributed by atoms with Crippen molar-refractivity contribution in [3.63, 3.8) is 0 Å². The molecule has 0 fully saturated rings. The maximum atomic E-state index is 12.1. The van der Waals surface area contributed by atoms with Crippen LogP contribution in [0.2, 0.25) is 0 Å². The van der Waals surface area contributed by atoms with E-state index in [9.17, 15) is 22.8 Å². The molecule has 6 nitrogen and oxygen atoms in total. The monoisotopic (exact) mass is 377 g/mol. The summed E-state index contributed by atoms with van der Waals surface area (Å²) in [5.41, 5.74) is 0.141. The smallest absolute Gasteiger partial charge is 0.390 e. The van der Waals surface area contributed by atoms with Crippen LogP contribution in [0.25, 0.3) is 0 Å². The number of benzene rings is 1. The number of esters is 1. The molecule has 0 radical (unpaired) electrons. The molecular weight excluding hydrogens is 355 g/mol. The van der Waals surface area contributed by atoms with Gasteiger partial charge in [-0.05, 0) is 25.1 Å². The molecule has 1 unspecified atom stereocenters. The van der Waals surface area contributed by atoms with Crippen LogP contribution in [-0.2, 0) is 9.53 Å². The molecule has 146 valence electrons. The van der Waals surface area contributed by atoms with E-state index in [-0.39, 0.29) is 30.3 Å². The van der Waals surface area contributed by atoms with Crippen molar-refractivity contribution in [3.8, 4) is 11.5 Å². The minimum Gasteiger partial charge on any atom is -0.493 e. The molecule has 0 aliphatic carbocycles. The second-order valence-electron chi connectivity index (χ2n) is 5.45. The summed E-state index contributed by atoms with van der Waals surface area (Å²) in [5, 5.41) is 2.19. The largest absolute Gasteiger partial charge is 0.493 e. The van der Waals surface area contributed by atoms with E-state index in [1.165, 1.54) is 25.3 Å². The number of carbonyl (C=O) groups excluding carboxylic acids is 2. The number of nitrogens with one attached hydrogen (secondary N) is 1. The number of carbonyl (C=O) groups is 2. The fraction of sp³-hybridized carbons (Fsp3) is 0.529. The Balaban J connectivity index is 2.66. The van der Waals surface area contributed by atoms with Crippen molar-refractivity contribution < 1.29 is 37.0 Å². The molecule has 1 aromatic carbocycles. The molecule has 9 heteroatoms. The molecule has 0 aliphatic rings. The molecule has 0 aromatic heterocycles. The van der Waals surface area contributed by atoms with Crippen LogP contribution in [0.4, 0.5) is 13.2 Å². The highest BCUT2D eigenvalue weighted by atomic mass is 19.4. The van der Waals surface area contributed by atoms with Crippen LogP contribution >= 0.6 is 0 Å². The summed E-state index contributed by atoms with van der Waals surface area (Å²) < 4.78 is 52.1. The van der Waals surface area contributed by atoms with Gasteiger partial charge in [0.1, 0.15) is 12.7 Å². The third-order valence-electron chi connectivity index (χ3n) is 3.21. The van der Waals surface area contributed by atoms with Gasteiger partial charge in [0, 0.05) is 18.5 Å². The molecule has 1 atom stereocenters. The van der Waals surface area contributed by atoms with Crippen molar-refractivity contribution in [1.82, 2.24) is 5.32 Å². The predicted octanol–water partition coefficient (Wildman–Crippen LogP) is 3.10. The van der Waals surface area contributed by atoms with Gasteiger partial charge in [0.25, 0.3) is 5.91 Å². The third kappa shape index (κ3) is 7.62. The Bertz CT molecular complexity index is 619. The second kappa shape index (κ2) is 9.88. The predicted molar refractivity (Wildman–Crippen MR) is 87.3 cm³/mol. The SMILES string of the molecule is CCC(=O)OC(C)COc1ccc(C(=O)NCCC(F)(F)F)cc1OC. The molecule has 0 aliphatic heterocycles. The number of methoxy groups -OCH3 is 1. The fourth-order valence-electron chi connectivity index (χ4n) is 1.90. The van der Waals surface area contributed by atoms with Crippen molar-refractivity contribution in [2.45, 2.75) is 39.0 Å². The summed E-state index contributed by atoms with van der Waals surface area (Å²) in [6.45, 7) is 2.92. The normalized spacial score (nSPS) is 12.2. The number of amides is 1. The van der Waals surface area contributed by atoms with Gasteiger partial charge in [-0.1, -0.05) is 6.92 Å². The minimum atomic E-state index is -4.33. The van der Waals surface area contributed by atoms with E-state index in [0.29, 0.717) is 5.75 Å². The average molecular weight is 377 g/mol. The van der Waals surface area contributed by atoms with E-state index in [2.05, 4.69) is 5.32 Å². The molecule has 0 bridgehead atoms. The van der Waals surface area contributed by atoms with Gasteiger partial charge in [-0.15, -0.1) is 0 Å². The summed E-state index contributed by atoms with van der Waals surface area (Å²) in [7, 11) is 1.37. The Morgan fingerprint density at radius 3 is 2.50 bits per heavy atom. The van der Waals surface area contributed by atoms with Crippen LogP contribution in [0.1, 0.15) is 37.0 Å².